The number of aromatic nitrogens is 1. The molecule has 1 aliphatic heterocycles. The number of anilines is 1. The Labute approximate surface area is 261 Å². The van der Waals surface area contributed by atoms with Crippen molar-refractivity contribution in [1.82, 2.24) is 14.8 Å². The Bertz CT molecular complexity index is 1440. The summed E-state index contributed by atoms with van der Waals surface area (Å²) in [7, 11) is 3.10. The van der Waals surface area contributed by atoms with Crippen molar-refractivity contribution in [3.63, 3.8) is 0 Å². The minimum Gasteiger partial charge on any atom is -0.508 e. The van der Waals surface area contributed by atoms with Crippen molar-refractivity contribution in [1.29, 1.82) is 0 Å². The number of carbonyl (C=O) groups excluding carboxylic acids is 3. The number of primary amides is 1. The van der Waals surface area contributed by atoms with Crippen LogP contribution < -0.4 is 11.1 Å². The topological polar surface area (TPSA) is 190 Å². The maximum absolute atomic E-state index is 14.0. The van der Waals surface area contributed by atoms with E-state index in [0.29, 0.717) is 12.1 Å². The quantitative estimate of drug-likeness (QED) is 0.189. The summed E-state index contributed by atoms with van der Waals surface area (Å²) in [6, 6.07) is -1.15. The van der Waals surface area contributed by atoms with Crippen molar-refractivity contribution in [2.24, 2.45) is 23.0 Å². The van der Waals surface area contributed by atoms with Gasteiger partial charge >= 0.3 is 0 Å². The monoisotopic (exact) mass is 639 g/mol. The standard InChI is InChI=1S/C29H38ClN5O7.ClH/c1-28(2,12-35-7-5-6-8-35)11-32-27-22(38)17-14(25(30)33-27)9-13-10-15-19(34(3)4)21(37)18(26(31)41)24(40)29(15,42)23(39)16(13)20(17)36;/h13,15,19,36,38,40,42H,5-12H2,1-4H3,(H2,31,41)(H,32,33);1H/t13-,15-,19-,29-;/m0./s1. The molecule has 1 saturated carbocycles. The Kier molecular flexibility index (Phi) is 8.86. The van der Waals surface area contributed by atoms with Crippen LogP contribution in [0.3, 0.4) is 0 Å². The summed E-state index contributed by atoms with van der Waals surface area (Å²) in [6.45, 7) is 7.54. The van der Waals surface area contributed by atoms with Crippen molar-refractivity contribution in [3.8, 4) is 5.75 Å². The summed E-state index contributed by atoms with van der Waals surface area (Å²) in [5.74, 6) is -7.13. The van der Waals surface area contributed by atoms with E-state index in [1.807, 2.05) is 0 Å². The van der Waals surface area contributed by atoms with Gasteiger partial charge in [-0.3, -0.25) is 19.3 Å². The number of likely N-dealkylation sites (N-methyl/N-ethyl adjacent to an activating group) is 1. The highest BCUT2D eigenvalue weighted by molar-refractivity contribution is 6.31. The molecule has 4 aliphatic rings. The molecule has 12 nitrogen and oxygen atoms in total. The molecule has 0 spiro atoms. The first-order valence-electron chi connectivity index (χ1n) is 14.1. The van der Waals surface area contributed by atoms with Crippen molar-refractivity contribution < 1.29 is 34.8 Å². The number of carbonyl (C=O) groups is 3. The van der Waals surface area contributed by atoms with Gasteiger partial charge in [-0.15, -0.1) is 12.4 Å². The number of amides is 1. The zero-order valence-electron chi connectivity index (χ0n) is 24.6. The van der Waals surface area contributed by atoms with E-state index in [1.54, 1.807) is 14.1 Å². The van der Waals surface area contributed by atoms with Gasteiger partial charge in [-0.25, -0.2) is 4.98 Å². The molecule has 0 aromatic carbocycles. The Hall–Kier alpha value is -2.90. The molecule has 7 N–H and O–H groups in total. The number of rotatable bonds is 7. The highest BCUT2D eigenvalue weighted by Crippen LogP contribution is 2.53. The zero-order chi connectivity index (χ0) is 30.9. The number of aromatic hydroxyl groups is 1. The van der Waals surface area contributed by atoms with Crippen LogP contribution in [0.2, 0.25) is 5.15 Å². The maximum atomic E-state index is 14.0. The third-order valence-corrected chi connectivity index (χ3v) is 9.43. The summed E-state index contributed by atoms with van der Waals surface area (Å²) < 4.78 is 0. The summed E-state index contributed by atoms with van der Waals surface area (Å²) in [4.78, 5) is 47.5. The molecular weight excluding hydrogens is 601 g/mol. The van der Waals surface area contributed by atoms with Gasteiger partial charge in [0.2, 0.25) is 5.78 Å². The van der Waals surface area contributed by atoms with E-state index in [-0.39, 0.29) is 52.8 Å². The van der Waals surface area contributed by atoms with Gasteiger partial charge in [-0.1, -0.05) is 25.4 Å². The van der Waals surface area contributed by atoms with E-state index in [2.05, 4.69) is 29.0 Å². The first kappa shape index (κ1) is 33.0. The fourth-order valence-corrected chi connectivity index (χ4v) is 7.46. The van der Waals surface area contributed by atoms with Gasteiger partial charge in [-0.05, 0) is 64.2 Å². The summed E-state index contributed by atoms with van der Waals surface area (Å²) in [5.41, 5.74) is 1.63. The SMILES string of the molecule is CN(C)[C@@H]1C(=O)C(C(N)=O)=C(O)[C@@]2(O)C(=O)C3=C(O)c4c(O)c(NCC(C)(C)CN5CCCC5)nc(Cl)c4C[C@H]3C[C@@H]12.Cl. The Balaban J connectivity index is 0.00000423. The van der Waals surface area contributed by atoms with Crippen LogP contribution in [0.4, 0.5) is 5.82 Å². The molecule has 14 heteroatoms. The largest absolute Gasteiger partial charge is 0.508 e. The molecule has 2 fully saturated rings. The van der Waals surface area contributed by atoms with Gasteiger partial charge in [0.25, 0.3) is 5.91 Å². The molecule has 1 aromatic rings. The molecule has 5 rings (SSSR count). The van der Waals surface area contributed by atoms with Crippen molar-refractivity contribution in [2.75, 3.05) is 45.6 Å². The molecule has 0 radical (unpaired) electrons. The lowest BCUT2D eigenvalue weighted by atomic mass is 9.57. The number of ketones is 2. The van der Waals surface area contributed by atoms with E-state index in [9.17, 15) is 34.8 Å². The lowest BCUT2D eigenvalue weighted by molar-refractivity contribution is -0.153. The summed E-state index contributed by atoms with van der Waals surface area (Å²) in [5, 5.41) is 48.6. The number of nitrogens with two attached hydrogens (primary N) is 1. The molecule has 1 aromatic heterocycles. The molecule has 3 aliphatic carbocycles. The average Bonchev–Trinajstić information content (AvgIpc) is 3.39. The van der Waals surface area contributed by atoms with Crippen LogP contribution in [0.1, 0.15) is 44.2 Å². The lowest BCUT2D eigenvalue weighted by Gasteiger charge is -2.50. The average molecular weight is 641 g/mol. The first-order valence-corrected chi connectivity index (χ1v) is 14.5. The number of nitrogens with zero attached hydrogens (tertiary/aromatic N) is 3. The Morgan fingerprint density at radius 1 is 1.21 bits per heavy atom. The molecule has 43 heavy (non-hydrogen) atoms. The zero-order valence-corrected chi connectivity index (χ0v) is 26.2. The van der Waals surface area contributed by atoms with Gasteiger partial charge in [-0.2, -0.15) is 0 Å². The second kappa shape index (κ2) is 11.6. The molecule has 0 bridgehead atoms. The molecule has 2 heterocycles. The van der Waals surface area contributed by atoms with Crippen LogP contribution >= 0.6 is 24.0 Å². The number of hydrogen-bond donors (Lipinski definition) is 6. The number of pyridine rings is 1. The van der Waals surface area contributed by atoms with Gasteiger partial charge in [0.05, 0.1) is 11.6 Å². The van der Waals surface area contributed by atoms with Crippen molar-refractivity contribution in [2.45, 2.75) is 51.2 Å². The van der Waals surface area contributed by atoms with Gasteiger partial charge in [0.1, 0.15) is 22.2 Å². The van der Waals surface area contributed by atoms with Crippen LogP contribution in [0, 0.1) is 17.3 Å². The first-order chi connectivity index (χ1) is 19.6. The third kappa shape index (κ3) is 5.27. The number of hydrogen-bond acceptors (Lipinski definition) is 11. The molecule has 0 unspecified atom stereocenters. The van der Waals surface area contributed by atoms with Crippen LogP contribution in [0.5, 0.6) is 5.75 Å². The van der Waals surface area contributed by atoms with Crippen LogP contribution in [0.15, 0.2) is 16.9 Å². The number of aliphatic hydroxyl groups is 3. The molecule has 1 amide bonds. The van der Waals surface area contributed by atoms with E-state index in [4.69, 9.17) is 17.3 Å². The number of Topliss-reactive ketones (excluding diaryl/α,β-unsaturated/α-hetero) is 2. The van der Waals surface area contributed by atoms with Gasteiger partial charge in [0, 0.05) is 30.1 Å². The number of nitrogens with one attached hydrogen (secondary N) is 1. The van der Waals surface area contributed by atoms with Gasteiger partial charge < -0.3 is 36.4 Å². The number of likely N-dealkylation sites (tertiary alicyclic amines) is 1. The minimum absolute atomic E-state index is 0. The number of halogens is 2. The fraction of sp³-hybridized carbons (Fsp3) is 0.586. The van der Waals surface area contributed by atoms with E-state index >= 15 is 0 Å². The van der Waals surface area contributed by atoms with E-state index in [0.717, 1.165) is 19.6 Å². The number of fused-ring (bicyclic) bond motifs is 3. The molecular formula is C29H39Cl2N5O7. The second-order valence-corrected chi connectivity index (χ2v) is 13.3. The highest BCUT2D eigenvalue weighted by Gasteiger charge is 2.64. The second-order valence-electron chi connectivity index (χ2n) is 12.9. The molecule has 4 atom stereocenters. The van der Waals surface area contributed by atoms with E-state index in [1.165, 1.54) is 17.7 Å². The molecule has 1 saturated heterocycles. The minimum atomic E-state index is -2.70. The highest BCUT2D eigenvalue weighted by atomic mass is 35.5. The predicted octanol–water partition coefficient (Wildman–Crippen LogP) is 1.97. The fourth-order valence-electron chi connectivity index (χ4n) is 7.20. The lowest BCUT2D eigenvalue weighted by Crippen LogP contribution is -2.65. The number of aliphatic hydroxyl groups excluding tert-OH is 2. The summed E-state index contributed by atoms with van der Waals surface area (Å²) >= 11 is 6.58. The van der Waals surface area contributed by atoms with Crippen LogP contribution in [-0.2, 0) is 20.8 Å². The summed E-state index contributed by atoms with van der Waals surface area (Å²) in [6.07, 6.45) is 2.39. The van der Waals surface area contributed by atoms with Crippen molar-refractivity contribution in [3.05, 3.63) is 33.2 Å². The van der Waals surface area contributed by atoms with Crippen molar-refractivity contribution >= 4 is 53.1 Å². The third-order valence-electron chi connectivity index (χ3n) is 9.12. The molecule has 236 valence electrons. The Morgan fingerprint density at radius 2 is 1.84 bits per heavy atom. The normalized spacial score (nSPS) is 27.6. The Morgan fingerprint density at radius 3 is 2.42 bits per heavy atom. The maximum Gasteiger partial charge on any atom is 0.255 e. The van der Waals surface area contributed by atoms with Crippen LogP contribution in [-0.4, -0.2) is 105 Å². The van der Waals surface area contributed by atoms with Crippen LogP contribution in [0.25, 0.3) is 5.76 Å². The predicted molar refractivity (Wildman–Crippen MR) is 162 cm³/mol. The smallest absolute Gasteiger partial charge is 0.255 e. The van der Waals surface area contributed by atoms with Gasteiger partial charge in [0.15, 0.2) is 23.0 Å². The van der Waals surface area contributed by atoms with E-state index < -0.39 is 63.8 Å².